The van der Waals surface area contributed by atoms with Crippen LogP contribution in [-0.4, -0.2) is 51.3 Å². The molecule has 0 saturated heterocycles. The normalized spacial score (nSPS) is 20.2. The number of nitrogens with two attached hydrogens (primary N) is 1. The number of pyridine rings is 1. The first-order chi connectivity index (χ1) is 12.0. The Bertz CT molecular complexity index is 585. The van der Waals surface area contributed by atoms with Crippen molar-refractivity contribution < 1.29 is 9.53 Å². The van der Waals surface area contributed by atoms with E-state index in [9.17, 15) is 4.79 Å². The zero-order valence-electron chi connectivity index (χ0n) is 15.8. The van der Waals surface area contributed by atoms with Gasteiger partial charge in [-0.1, -0.05) is 6.92 Å². The maximum Gasteiger partial charge on any atom is 0.255 e. The fourth-order valence-corrected chi connectivity index (χ4v) is 3.18. The first kappa shape index (κ1) is 19.3. The molecule has 0 atom stereocenters. The van der Waals surface area contributed by atoms with Gasteiger partial charge in [0.15, 0.2) is 5.82 Å². The van der Waals surface area contributed by atoms with E-state index in [0.29, 0.717) is 36.0 Å². The Morgan fingerprint density at radius 2 is 2.08 bits per heavy atom. The molecule has 0 bridgehead atoms. The molecule has 2 rings (SSSR count). The van der Waals surface area contributed by atoms with E-state index in [-0.39, 0.29) is 11.9 Å². The van der Waals surface area contributed by atoms with Gasteiger partial charge in [0.05, 0.1) is 17.9 Å². The summed E-state index contributed by atoms with van der Waals surface area (Å²) in [6.45, 7) is 3.46. The molecule has 0 aliphatic heterocycles. The fraction of sp³-hybridized carbons (Fsp3) is 0.667. The summed E-state index contributed by atoms with van der Waals surface area (Å²) < 4.78 is 5.14. The number of nitrogen functional groups attached to an aromatic ring is 1. The van der Waals surface area contributed by atoms with Crippen LogP contribution in [0.3, 0.4) is 0 Å². The van der Waals surface area contributed by atoms with Crippen LogP contribution in [0, 0.1) is 5.92 Å². The first-order valence-corrected chi connectivity index (χ1v) is 8.95. The summed E-state index contributed by atoms with van der Waals surface area (Å²) in [5.74, 6) is 1.82. The molecule has 0 radical (unpaired) electrons. The monoisotopic (exact) mass is 349 g/mol. The summed E-state index contributed by atoms with van der Waals surface area (Å²) >= 11 is 0. The molecule has 0 aromatic carbocycles. The van der Waals surface area contributed by atoms with Crippen molar-refractivity contribution in [3.05, 3.63) is 11.6 Å². The fourth-order valence-electron chi connectivity index (χ4n) is 3.18. The third-order valence-corrected chi connectivity index (χ3v) is 4.86. The van der Waals surface area contributed by atoms with Crippen molar-refractivity contribution in [1.82, 2.24) is 10.3 Å². The van der Waals surface area contributed by atoms with Crippen molar-refractivity contribution in [2.45, 2.75) is 38.6 Å². The molecular weight excluding hydrogens is 318 g/mol. The summed E-state index contributed by atoms with van der Waals surface area (Å²) in [7, 11) is 5.32. The smallest absolute Gasteiger partial charge is 0.255 e. The highest BCUT2D eigenvalue weighted by Crippen LogP contribution is 2.27. The number of rotatable bonds is 7. The zero-order valence-corrected chi connectivity index (χ0v) is 15.8. The second-order valence-electron chi connectivity index (χ2n) is 6.89. The van der Waals surface area contributed by atoms with E-state index in [0.717, 1.165) is 31.6 Å². The van der Waals surface area contributed by atoms with Crippen LogP contribution in [0.2, 0.25) is 0 Å². The highest BCUT2D eigenvalue weighted by atomic mass is 16.5. The number of aromatic nitrogens is 1. The largest absolute Gasteiger partial charge is 0.396 e. The molecule has 25 heavy (non-hydrogen) atoms. The molecule has 0 unspecified atom stereocenters. The second kappa shape index (κ2) is 8.89. The molecular formula is C18H31N5O2. The topological polar surface area (TPSA) is 92.5 Å². The van der Waals surface area contributed by atoms with Crippen molar-refractivity contribution in [1.29, 1.82) is 0 Å². The van der Waals surface area contributed by atoms with Crippen molar-refractivity contribution in [2.75, 3.05) is 50.3 Å². The van der Waals surface area contributed by atoms with Gasteiger partial charge < -0.3 is 26.0 Å². The number of hydrogen-bond donors (Lipinski definition) is 3. The van der Waals surface area contributed by atoms with Crippen LogP contribution in [0.1, 0.15) is 43.0 Å². The summed E-state index contributed by atoms with van der Waals surface area (Å²) in [5, 5.41) is 6.13. The lowest BCUT2D eigenvalue weighted by molar-refractivity contribution is 0.0923. The number of nitrogens with one attached hydrogen (secondary N) is 2. The predicted molar refractivity (Wildman–Crippen MR) is 102 cm³/mol. The Hall–Kier alpha value is -2.02. The molecule has 1 amide bonds. The minimum atomic E-state index is -0.110. The summed E-state index contributed by atoms with van der Waals surface area (Å²) in [4.78, 5) is 19.3. The average Bonchev–Trinajstić information content (AvgIpc) is 2.61. The van der Waals surface area contributed by atoms with Crippen molar-refractivity contribution >= 4 is 23.2 Å². The molecule has 1 aromatic rings. The molecule has 1 aliphatic rings. The van der Waals surface area contributed by atoms with Gasteiger partial charge in [0.2, 0.25) is 0 Å². The maximum atomic E-state index is 12.9. The van der Waals surface area contributed by atoms with Crippen LogP contribution >= 0.6 is 0 Å². The Labute approximate surface area is 150 Å². The number of likely N-dealkylation sites (N-methyl/N-ethyl adjacent to an activating group) is 1. The van der Waals surface area contributed by atoms with Gasteiger partial charge in [0.25, 0.3) is 5.91 Å². The highest BCUT2D eigenvalue weighted by Gasteiger charge is 2.24. The Morgan fingerprint density at radius 1 is 1.40 bits per heavy atom. The number of carbonyl (C=O) groups is 1. The lowest BCUT2D eigenvalue weighted by atomic mass is 9.87. The summed E-state index contributed by atoms with van der Waals surface area (Å²) in [6.07, 6.45) is 4.37. The van der Waals surface area contributed by atoms with Crippen molar-refractivity contribution in [3.8, 4) is 0 Å². The van der Waals surface area contributed by atoms with Gasteiger partial charge in [-0.15, -0.1) is 0 Å². The number of anilines is 3. The van der Waals surface area contributed by atoms with E-state index in [1.807, 2.05) is 11.9 Å². The van der Waals surface area contributed by atoms with Gasteiger partial charge in [-0.3, -0.25) is 4.79 Å². The average molecular weight is 349 g/mol. The van der Waals surface area contributed by atoms with E-state index < -0.39 is 0 Å². The molecule has 1 aromatic heterocycles. The minimum absolute atomic E-state index is 0.110. The molecule has 0 spiro atoms. The zero-order chi connectivity index (χ0) is 18.4. The van der Waals surface area contributed by atoms with E-state index >= 15 is 0 Å². The molecule has 1 saturated carbocycles. The number of ether oxygens (including phenoxy) is 1. The molecule has 140 valence electrons. The summed E-state index contributed by atoms with van der Waals surface area (Å²) in [6, 6.07) is 1.93. The van der Waals surface area contributed by atoms with E-state index in [2.05, 4.69) is 22.5 Å². The standard InChI is InChI=1S/C18H31N5O2/c1-12-5-7-13(8-6-12)21-18(24)14-11-15(19)16(20-2)22-17(14)23(3)9-10-25-4/h11-13H,5-10,19H2,1-4H3,(H,20,22)(H,21,24)/t12-,13-. The molecule has 1 fully saturated rings. The number of nitrogens with zero attached hydrogens (tertiary/aromatic N) is 2. The van der Waals surface area contributed by atoms with E-state index in [1.165, 1.54) is 0 Å². The third kappa shape index (κ3) is 4.98. The third-order valence-electron chi connectivity index (χ3n) is 4.86. The predicted octanol–water partition coefficient (Wildman–Crippen LogP) is 2.10. The van der Waals surface area contributed by atoms with Crippen LogP contribution in [0.4, 0.5) is 17.3 Å². The van der Waals surface area contributed by atoms with Crippen LogP contribution in [0.15, 0.2) is 6.07 Å². The van der Waals surface area contributed by atoms with Crippen molar-refractivity contribution in [3.63, 3.8) is 0 Å². The Morgan fingerprint density at radius 3 is 2.68 bits per heavy atom. The Balaban J connectivity index is 2.21. The van der Waals surface area contributed by atoms with Crippen molar-refractivity contribution in [2.24, 2.45) is 5.92 Å². The second-order valence-corrected chi connectivity index (χ2v) is 6.89. The van der Waals surface area contributed by atoms with Crippen LogP contribution < -0.4 is 21.3 Å². The Kier molecular flexibility index (Phi) is 6.87. The SMILES string of the molecule is CNc1nc(N(C)CCOC)c(C(=O)N[C@H]2CC[C@H](C)CC2)cc1N. The molecule has 7 heteroatoms. The van der Waals surface area contributed by atoms with Gasteiger partial charge in [0.1, 0.15) is 5.82 Å². The summed E-state index contributed by atoms with van der Waals surface area (Å²) in [5.41, 5.74) is 7.02. The van der Waals surface area contributed by atoms with Gasteiger partial charge in [0, 0.05) is 33.8 Å². The molecule has 4 N–H and O–H groups in total. The lowest BCUT2D eigenvalue weighted by Gasteiger charge is -2.28. The molecule has 7 nitrogen and oxygen atoms in total. The first-order valence-electron chi connectivity index (χ1n) is 8.95. The molecule has 1 aliphatic carbocycles. The van der Waals surface area contributed by atoms with Gasteiger partial charge >= 0.3 is 0 Å². The number of methoxy groups -OCH3 is 1. The van der Waals surface area contributed by atoms with Crippen LogP contribution in [-0.2, 0) is 4.74 Å². The number of carbonyl (C=O) groups excluding carboxylic acids is 1. The van der Waals surface area contributed by atoms with Crippen LogP contribution in [0.25, 0.3) is 0 Å². The maximum absolute atomic E-state index is 12.9. The van der Waals surface area contributed by atoms with Gasteiger partial charge in [-0.2, -0.15) is 0 Å². The van der Waals surface area contributed by atoms with E-state index in [1.54, 1.807) is 20.2 Å². The van der Waals surface area contributed by atoms with Gasteiger partial charge in [-0.25, -0.2) is 4.98 Å². The van der Waals surface area contributed by atoms with E-state index in [4.69, 9.17) is 10.5 Å². The number of hydrogen-bond acceptors (Lipinski definition) is 6. The lowest BCUT2D eigenvalue weighted by Crippen LogP contribution is -2.38. The van der Waals surface area contributed by atoms with Crippen LogP contribution in [0.5, 0.6) is 0 Å². The minimum Gasteiger partial charge on any atom is -0.396 e. The van der Waals surface area contributed by atoms with Gasteiger partial charge in [-0.05, 0) is 37.7 Å². The highest BCUT2D eigenvalue weighted by molar-refractivity contribution is 6.00. The number of amides is 1. The molecule has 1 heterocycles. The quantitative estimate of drug-likeness (QED) is 0.698.